The van der Waals surface area contributed by atoms with E-state index in [1.165, 1.54) is 24.3 Å². The van der Waals surface area contributed by atoms with E-state index in [9.17, 15) is 18.0 Å². The second-order valence-corrected chi connectivity index (χ2v) is 7.84. The SMILES string of the molecule is O=C1c2cc(-c3ccc(OC(F)(F)F)cc3)ccc2OCCN1Cc1ccc2c(c1)OCCO2. The summed E-state index contributed by atoms with van der Waals surface area (Å²) >= 11 is 0. The van der Waals surface area contributed by atoms with Crippen molar-refractivity contribution in [2.45, 2.75) is 12.9 Å². The normalized spacial score (nSPS) is 15.3. The van der Waals surface area contributed by atoms with E-state index in [0.29, 0.717) is 66.8 Å². The van der Waals surface area contributed by atoms with Gasteiger partial charge in [0.2, 0.25) is 0 Å². The molecule has 1 amide bonds. The van der Waals surface area contributed by atoms with Crippen LogP contribution in [-0.2, 0) is 6.54 Å². The average molecular weight is 471 g/mol. The van der Waals surface area contributed by atoms with Crippen LogP contribution in [0.15, 0.2) is 60.7 Å². The van der Waals surface area contributed by atoms with E-state index in [4.69, 9.17) is 14.2 Å². The zero-order valence-electron chi connectivity index (χ0n) is 17.9. The van der Waals surface area contributed by atoms with Crippen LogP contribution in [0.5, 0.6) is 23.0 Å². The van der Waals surface area contributed by atoms with Crippen molar-refractivity contribution < 1.29 is 36.9 Å². The number of ether oxygens (including phenoxy) is 4. The summed E-state index contributed by atoms with van der Waals surface area (Å²) in [6.45, 7) is 2.09. The monoisotopic (exact) mass is 471 g/mol. The fourth-order valence-corrected chi connectivity index (χ4v) is 3.95. The van der Waals surface area contributed by atoms with Crippen molar-refractivity contribution in [1.82, 2.24) is 4.90 Å². The molecule has 0 N–H and O–H groups in total. The molecule has 0 spiro atoms. The molecule has 176 valence electrons. The van der Waals surface area contributed by atoms with E-state index in [-0.39, 0.29) is 11.7 Å². The molecule has 2 aliphatic rings. The highest BCUT2D eigenvalue weighted by Crippen LogP contribution is 2.33. The molecule has 0 bridgehead atoms. The number of rotatable bonds is 4. The predicted molar refractivity (Wildman–Crippen MR) is 116 cm³/mol. The number of nitrogens with zero attached hydrogens (tertiary/aromatic N) is 1. The third-order valence-corrected chi connectivity index (χ3v) is 5.52. The number of alkyl halides is 3. The molecule has 6 nitrogen and oxygen atoms in total. The summed E-state index contributed by atoms with van der Waals surface area (Å²) < 4.78 is 58.2. The largest absolute Gasteiger partial charge is 0.573 e. The Labute approximate surface area is 193 Å². The van der Waals surface area contributed by atoms with Crippen LogP contribution in [0.1, 0.15) is 15.9 Å². The summed E-state index contributed by atoms with van der Waals surface area (Å²) in [5, 5.41) is 0. The van der Waals surface area contributed by atoms with Gasteiger partial charge in [0.05, 0.1) is 12.1 Å². The first kappa shape index (κ1) is 21.9. The topological polar surface area (TPSA) is 57.2 Å². The molecule has 0 unspecified atom stereocenters. The fourth-order valence-electron chi connectivity index (χ4n) is 3.95. The number of carbonyl (C=O) groups is 1. The minimum Gasteiger partial charge on any atom is -0.491 e. The minimum atomic E-state index is -4.75. The molecule has 3 aromatic rings. The number of benzene rings is 3. The van der Waals surface area contributed by atoms with Gasteiger partial charge in [-0.05, 0) is 53.1 Å². The molecule has 2 aliphatic heterocycles. The summed E-state index contributed by atoms with van der Waals surface area (Å²) in [7, 11) is 0. The van der Waals surface area contributed by atoms with Gasteiger partial charge in [-0.15, -0.1) is 13.2 Å². The van der Waals surface area contributed by atoms with Crippen LogP contribution < -0.4 is 18.9 Å². The van der Waals surface area contributed by atoms with Gasteiger partial charge >= 0.3 is 6.36 Å². The van der Waals surface area contributed by atoms with Crippen LogP contribution in [0.3, 0.4) is 0 Å². The minimum absolute atomic E-state index is 0.193. The molecule has 9 heteroatoms. The van der Waals surface area contributed by atoms with E-state index in [1.807, 2.05) is 18.2 Å². The summed E-state index contributed by atoms with van der Waals surface area (Å²) in [6.07, 6.45) is -4.75. The van der Waals surface area contributed by atoms with E-state index in [2.05, 4.69) is 4.74 Å². The smallest absolute Gasteiger partial charge is 0.491 e. The lowest BCUT2D eigenvalue weighted by molar-refractivity contribution is -0.274. The Morgan fingerprint density at radius 1 is 0.794 bits per heavy atom. The van der Waals surface area contributed by atoms with Crippen molar-refractivity contribution in [2.24, 2.45) is 0 Å². The molecule has 0 aliphatic carbocycles. The molecule has 3 aromatic carbocycles. The van der Waals surface area contributed by atoms with Gasteiger partial charge in [0, 0.05) is 6.54 Å². The Balaban J connectivity index is 1.37. The summed E-state index contributed by atoms with van der Waals surface area (Å²) in [6, 6.07) is 16.3. The number of carbonyl (C=O) groups excluding carboxylic acids is 1. The lowest BCUT2D eigenvalue weighted by atomic mass is 10.0. The second kappa shape index (κ2) is 8.81. The number of amides is 1. The van der Waals surface area contributed by atoms with Crippen LogP contribution in [0.2, 0.25) is 0 Å². The Morgan fingerprint density at radius 3 is 2.24 bits per heavy atom. The van der Waals surface area contributed by atoms with Crippen molar-refractivity contribution in [1.29, 1.82) is 0 Å². The maximum absolute atomic E-state index is 13.4. The van der Waals surface area contributed by atoms with E-state index in [0.717, 1.165) is 5.56 Å². The zero-order valence-corrected chi connectivity index (χ0v) is 17.9. The van der Waals surface area contributed by atoms with Crippen molar-refractivity contribution >= 4 is 5.91 Å². The summed E-state index contributed by atoms with van der Waals surface area (Å²) in [5.41, 5.74) is 2.61. The van der Waals surface area contributed by atoms with E-state index < -0.39 is 6.36 Å². The van der Waals surface area contributed by atoms with Gasteiger partial charge in [-0.2, -0.15) is 0 Å². The third-order valence-electron chi connectivity index (χ3n) is 5.52. The Hall–Kier alpha value is -3.88. The second-order valence-electron chi connectivity index (χ2n) is 7.84. The molecule has 5 rings (SSSR count). The van der Waals surface area contributed by atoms with Crippen LogP contribution >= 0.6 is 0 Å². The number of hydrogen-bond acceptors (Lipinski definition) is 5. The molecule has 0 saturated heterocycles. The standard InChI is InChI=1S/C25H20F3NO5/c26-25(27,28)34-19-5-2-17(3-6-19)18-4-8-21-20(14-18)24(30)29(9-10-31-21)15-16-1-7-22-23(13-16)33-12-11-32-22/h1-8,13-14H,9-12,15H2. The average Bonchev–Trinajstić information content (AvgIpc) is 2.97. The van der Waals surface area contributed by atoms with Crippen LogP contribution in [0.4, 0.5) is 13.2 Å². The molecule has 34 heavy (non-hydrogen) atoms. The fraction of sp³-hybridized carbons (Fsp3) is 0.240. The molecular formula is C25H20F3NO5. The first-order valence-corrected chi connectivity index (χ1v) is 10.7. The maximum atomic E-state index is 13.4. The highest BCUT2D eigenvalue weighted by Gasteiger charge is 2.31. The van der Waals surface area contributed by atoms with Crippen LogP contribution in [0.25, 0.3) is 11.1 Å². The summed E-state index contributed by atoms with van der Waals surface area (Å²) in [5.74, 6) is 1.30. The Bertz CT molecular complexity index is 1210. The molecule has 0 atom stereocenters. The van der Waals surface area contributed by atoms with Gasteiger partial charge in [-0.3, -0.25) is 4.79 Å². The van der Waals surface area contributed by atoms with Gasteiger partial charge in [-0.1, -0.05) is 24.3 Å². The van der Waals surface area contributed by atoms with Gasteiger partial charge < -0.3 is 23.8 Å². The molecular weight excluding hydrogens is 451 g/mol. The molecule has 0 radical (unpaired) electrons. The van der Waals surface area contributed by atoms with E-state index >= 15 is 0 Å². The quantitative estimate of drug-likeness (QED) is 0.533. The molecule has 0 aromatic heterocycles. The van der Waals surface area contributed by atoms with E-state index in [1.54, 1.807) is 23.1 Å². The van der Waals surface area contributed by atoms with Crippen molar-refractivity contribution in [2.75, 3.05) is 26.4 Å². The lowest BCUT2D eigenvalue weighted by Crippen LogP contribution is -2.32. The molecule has 0 saturated carbocycles. The zero-order chi connectivity index (χ0) is 23.7. The summed E-state index contributed by atoms with van der Waals surface area (Å²) in [4.78, 5) is 15.1. The maximum Gasteiger partial charge on any atom is 0.573 e. The third kappa shape index (κ3) is 4.73. The van der Waals surface area contributed by atoms with Gasteiger partial charge in [0.15, 0.2) is 11.5 Å². The molecule has 2 heterocycles. The predicted octanol–water partition coefficient (Wildman–Crippen LogP) is 5.06. The molecule has 0 fully saturated rings. The lowest BCUT2D eigenvalue weighted by Gasteiger charge is -2.22. The van der Waals surface area contributed by atoms with Crippen molar-refractivity contribution in [3.8, 4) is 34.1 Å². The first-order chi connectivity index (χ1) is 16.4. The first-order valence-electron chi connectivity index (χ1n) is 10.7. The van der Waals surface area contributed by atoms with Crippen molar-refractivity contribution in [3.63, 3.8) is 0 Å². The Morgan fingerprint density at radius 2 is 1.47 bits per heavy atom. The highest BCUT2D eigenvalue weighted by atomic mass is 19.4. The number of halogens is 3. The number of hydrogen-bond donors (Lipinski definition) is 0. The van der Waals surface area contributed by atoms with Crippen LogP contribution in [0, 0.1) is 0 Å². The van der Waals surface area contributed by atoms with Crippen LogP contribution in [-0.4, -0.2) is 43.5 Å². The van der Waals surface area contributed by atoms with Gasteiger partial charge in [0.25, 0.3) is 5.91 Å². The van der Waals surface area contributed by atoms with Gasteiger partial charge in [-0.25, -0.2) is 0 Å². The van der Waals surface area contributed by atoms with Gasteiger partial charge in [0.1, 0.15) is 31.3 Å². The Kier molecular flexibility index (Phi) is 5.69. The highest BCUT2D eigenvalue weighted by molar-refractivity contribution is 5.98. The number of fused-ring (bicyclic) bond motifs is 2. The van der Waals surface area contributed by atoms with Crippen molar-refractivity contribution in [3.05, 3.63) is 71.8 Å².